The van der Waals surface area contributed by atoms with Crippen LogP contribution in [0.4, 0.5) is 0 Å². The van der Waals surface area contributed by atoms with E-state index >= 15 is 0 Å². The van der Waals surface area contributed by atoms with Gasteiger partial charge in [0.1, 0.15) is 11.7 Å². The average Bonchev–Trinajstić information content (AvgIpc) is 2.64. The van der Waals surface area contributed by atoms with E-state index in [2.05, 4.69) is 61.7 Å². The van der Waals surface area contributed by atoms with Gasteiger partial charge >= 0.3 is 0 Å². The van der Waals surface area contributed by atoms with E-state index in [1.165, 1.54) is 5.56 Å². The summed E-state index contributed by atoms with van der Waals surface area (Å²) in [4.78, 5) is 6.54. The first-order valence-corrected chi connectivity index (χ1v) is 9.82. The molecule has 1 saturated heterocycles. The Kier molecular flexibility index (Phi) is 5.63. The van der Waals surface area contributed by atoms with Crippen LogP contribution in [-0.2, 0) is 5.60 Å². The number of hydrogen-bond acceptors (Lipinski definition) is 4. The van der Waals surface area contributed by atoms with Crippen LogP contribution in [0.2, 0.25) is 0 Å². The van der Waals surface area contributed by atoms with Crippen LogP contribution in [-0.4, -0.2) is 46.3 Å². The third-order valence-corrected chi connectivity index (χ3v) is 5.69. The lowest BCUT2D eigenvalue weighted by atomic mass is 9.62. The molecule has 0 amide bonds. The zero-order valence-electron chi connectivity index (χ0n) is 17.4. The molecular weight excluding hydrogens is 348 g/mol. The first-order valence-electron chi connectivity index (χ1n) is 9.82. The molecule has 0 saturated carbocycles. The van der Waals surface area contributed by atoms with Crippen LogP contribution in [0.15, 0.2) is 42.7 Å². The van der Waals surface area contributed by atoms with Gasteiger partial charge in [-0.25, -0.2) is 0 Å². The molecule has 1 aromatic heterocycles. The molecule has 1 aromatic carbocycles. The van der Waals surface area contributed by atoms with Crippen molar-refractivity contribution in [1.82, 2.24) is 9.88 Å². The van der Waals surface area contributed by atoms with E-state index in [1.54, 1.807) is 19.3 Å². The maximum Gasteiger partial charge on any atom is 0.124 e. The van der Waals surface area contributed by atoms with E-state index in [9.17, 15) is 10.2 Å². The van der Waals surface area contributed by atoms with E-state index in [1.807, 2.05) is 18.2 Å². The van der Waals surface area contributed by atoms with Crippen molar-refractivity contribution >= 4 is 0 Å². The van der Waals surface area contributed by atoms with Gasteiger partial charge in [-0.15, -0.1) is 0 Å². The van der Waals surface area contributed by atoms with Gasteiger partial charge in [0.15, 0.2) is 0 Å². The molecule has 2 atom stereocenters. The van der Waals surface area contributed by atoms with E-state index in [4.69, 9.17) is 0 Å². The highest BCUT2D eigenvalue weighted by Crippen LogP contribution is 2.50. The Labute approximate surface area is 168 Å². The van der Waals surface area contributed by atoms with Gasteiger partial charge in [-0.3, -0.25) is 4.98 Å². The van der Waals surface area contributed by atoms with Crippen molar-refractivity contribution in [3.8, 4) is 11.8 Å². The Morgan fingerprint density at radius 2 is 1.75 bits per heavy atom. The summed E-state index contributed by atoms with van der Waals surface area (Å²) in [5.74, 6) is 6.13. The molecule has 3 rings (SSSR count). The number of hydrogen-bond donors (Lipinski definition) is 2. The second-order valence-corrected chi connectivity index (χ2v) is 8.63. The fraction of sp³-hybridized carbons (Fsp3) is 0.458. The van der Waals surface area contributed by atoms with Crippen LogP contribution in [0, 0.1) is 17.3 Å². The molecule has 1 fully saturated rings. The van der Waals surface area contributed by atoms with Gasteiger partial charge in [-0.1, -0.05) is 56.9 Å². The first kappa shape index (κ1) is 20.5. The molecule has 0 radical (unpaired) electrons. The Hall–Kier alpha value is -2.19. The van der Waals surface area contributed by atoms with Crippen LogP contribution < -0.4 is 0 Å². The SMILES string of the molecule is CC(C)c1ccc([C@](O)(c2cncc(C#C[C@@H](C)O)c2)C2(C)CN(C)C2)cc1. The standard InChI is InChI=1S/C24H30N2O2/c1-17(2)20-8-10-21(11-9-20)24(28,23(4)15-26(5)16-23)22-12-19(13-25-14-22)7-6-18(3)27/h8-14,17-18,27-28H,15-16H2,1-5H3/t18-,24+/m1/s1. The fourth-order valence-electron chi connectivity index (χ4n) is 4.24. The van der Waals surface area contributed by atoms with E-state index in [-0.39, 0.29) is 5.41 Å². The zero-order valence-corrected chi connectivity index (χ0v) is 17.4. The molecule has 0 spiro atoms. The topological polar surface area (TPSA) is 56.6 Å². The van der Waals surface area contributed by atoms with Gasteiger partial charge in [-0.2, -0.15) is 0 Å². The van der Waals surface area contributed by atoms with Crippen molar-refractivity contribution < 1.29 is 10.2 Å². The molecule has 1 aliphatic rings. The fourth-order valence-corrected chi connectivity index (χ4v) is 4.24. The van der Waals surface area contributed by atoms with E-state index in [0.29, 0.717) is 11.5 Å². The maximum atomic E-state index is 12.1. The normalized spacial score (nSPS) is 19.3. The minimum atomic E-state index is -1.18. The molecule has 28 heavy (non-hydrogen) atoms. The van der Waals surface area contributed by atoms with E-state index in [0.717, 1.165) is 24.2 Å². The van der Waals surface area contributed by atoms with Crippen LogP contribution in [0.25, 0.3) is 0 Å². The van der Waals surface area contributed by atoms with Crippen LogP contribution in [0.5, 0.6) is 0 Å². The van der Waals surface area contributed by atoms with Gasteiger partial charge in [0.25, 0.3) is 0 Å². The molecule has 0 bridgehead atoms. The number of nitrogens with zero attached hydrogens (tertiary/aromatic N) is 2. The highest BCUT2D eigenvalue weighted by Gasteiger charge is 2.55. The van der Waals surface area contributed by atoms with Crippen molar-refractivity contribution in [3.05, 3.63) is 65.0 Å². The summed E-state index contributed by atoms with van der Waals surface area (Å²) in [5.41, 5.74) is 2.03. The summed E-state index contributed by atoms with van der Waals surface area (Å²) in [6.45, 7) is 9.66. The largest absolute Gasteiger partial charge is 0.381 e. The maximum absolute atomic E-state index is 12.1. The lowest BCUT2D eigenvalue weighted by Gasteiger charge is -2.55. The molecule has 1 aliphatic heterocycles. The Balaban J connectivity index is 2.11. The minimum absolute atomic E-state index is 0.334. The molecule has 0 unspecified atom stereocenters. The number of aliphatic hydroxyl groups is 2. The van der Waals surface area contributed by atoms with Crippen molar-refractivity contribution in [2.45, 2.75) is 45.3 Å². The van der Waals surface area contributed by atoms with Gasteiger partial charge in [-0.05, 0) is 37.1 Å². The van der Waals surface area contributed by atoms with Crippen molar-refractivity contribution in [2.24, 2.45) is 5.41 Å². The Morgan fingerprint density at radius 1 is 1.11 bits per heavy atom. The summed E-state index contributed by atoms with van der Waals surface area (Å²) in [6.07, 6.45) is 2.69. The minimum Gasteiger partial charge on any atom is -0.381 e. The third-order valence-electron chi connectivity index (χ3n) is 5.69. The number of likely N-dealkylation sites (tertiary alicyclic amines) is 1. The number of aliphatic hydroxyl groups excluding tert-OH is 1. The zero-order chi connectivity index (χ0) is 20.5. The summed E-state index contributed by atoms with van der Waals surface area (Å²) in [6, 6.07) is 10.2. The summed E-state index contributed by atoms with van der Waals surface area (Å²) in [7, 11) is 2.06. The molecule has 0 aliphatic carbocycles. The quantitative estimate of drug-likeness (QED) is 0.803. The summed E-state index contributed by atoms with van der Waals surface area (Å²) >= 11 is 0. The van der Waals surface area contributed by atoms with Crippen molar-refractivity contribution in [1.29, 1.82) is 0 Å². The Morgan fingerprint density at radius 3 is 2.29 bits per heavy atom. The number of aromatic nitrogens is 1. The van der Waals surface area contributed by atoms with Gasteiger partial charge in [0, 0.05) is 42.0 Å². The molecule has 4 heteroatoms. The second-order valence-electron chi connectivity index (χ2n) is 8.63. The average molecular weight is 379 g/mol. The highest BCUT2D eigenvalue weighted by molar-refractivity contribution is 5.44. The molecule has 2 N–H and O–H groups in total. The van der Waals surface area contributed by atoms with Gasteiger partial charge in [0.05, 0.1) is 0 Å². The van der Waals surface area contributed by atoms with Crippen LogP contribution in [0.1, 0.15) is 55.9 Å². The lowest BCUT2D eigenvalue weighted by Crippen LogP contribution is -2.63. The second kappa shape index (κ2) is 7.67. The molecule has 148 valence electrons. The highest BCUT2D eigenvalue weighted by atomic mass is 16.3. The predicted molar refractivity (Wildman–Crippen MR) is 112 cm³/mol. The summed E-state index contributed by atoms with van der Waals surface area (Å²) < 4.78 is 0. The Bertz CT molecular complexity index is 887. The lowest BCUT2D eigenvalue weighted by molar-refractivity contribution is -0.127. The first-order chi connectivity index (χ1) is 13.2. The smallest absolute Gasteiger partial charge is 0.124 e. The number of rotatable bonds is 4. The van der Waals surface area contributed by atoms with Crippen LogP contribution >= 0.6 is 0 Å². The van der Waals surface area contributed by atoms with Gasteiger partial charge < -0.3 is 15.1 Å². The van der Waals surface area contributed by atoms with Crippen molar-refractivity contribution in [3.63, 3.8) is 0 Å². The monoisotopic (exact) mass is 378 g/mol. The molecule has 2 heterocycles. The van der Waals surface area contributed by atoms with Gasteiger partial charge in [0.2, 0.25) is 0 Å². The van der Waals surface area contributed by atoms with Crippen LogP contribution in [0.3, 0.4) is 0 Å². The number of benzene rings is 1. The van der Waals surface area contributed by atoms with Crippen molar-refractivity contribution in [2.75, 3.05) is 20.1 Å². The number of pyridine rings is 1. The third kappa shape index (κ3) is 3.71. The molecule has 4 nitrogen and oxygen atoms in total. The predicted octanol–water partition coefficient (Wildman–Crippen LogP) is 3.12. The summed E-state index contributed by atoms with van der Waals surface area (Å²) in [5, 5.41) is 21.6. The molecule has 2 aromatic rings. The van der Waals surface area contributed by atoms with E-state index < -0.39 is 11.7 Å². The molecular formula is C24H30N2O2.